The van der Waals surface area contributed by atoms with Gasteiger partial charge in [0.25, 0.3) is 0 Å². The van der Waals surface area contributed by atoms with E-state index in [2.05, 4.69) is 48.0 Å². The molecule has 1 heterocycles. The summed E-state index contributed by atoms with van der Waals surface area (Å²) >= 11 is 5.40. The van der Waals surface area contributed by atoms with Gasteiger partial charge in [0.15, 0.2) is 0 Å². The van der Waals surface area contributed by atoms with Crippen LogP contribution in [0.5, 0.6) is 0 Å². The van der Waals surface area contributed by atoms with E-state index in [-0.39, 0.29) is 0 Å². The molecule has 0 saturated heterocycles. The van der Waals surface area contributed by atoms with Crippen LogP contribution in [-0.4, -0.2) is 0 Å². The molecule has 0 spiro atoms. The summed E-state index contributed by atoms with van der Waals surface area (Å²) in [5, 5.41) is 1.36. The van der Waals surface area contributed by atoms with Crippen molar-refractivity contribution in [3.63, 3.8) is 0 Å². The molecule has 1 aromatic heterocycles. The van der Waals surface area contributed by atoms with Crippen molar-refractivity contribution < 1.29 is 0 Å². The molecular formula is C10H9BrS. The lowest BCUT2D eigenvalue weighted by atomic mass is 10.2. The van der Waals surface area contributed by atoms with Gasteiger partial charge >= 0.3 is 0 Å². The summed E-state index contributed by atoms with van der Waals surface area (Å²) in [6.07, 6.45) is 0. The summed E-state index contributed by atoms with van der Waals surface area (Å²) in [5.41, 5.74) is 1.35. The number of fused-ring (bicyclic) bond motifs is 1. The van der Waals surface area contributed by atoms with Gasteiger partial charge in [-0.1, -0.05) is 22.0 Å². The SMILES string of the molecule is Cc1cc2ccc(Br)c(C)c2s1. The molecule has 12 heavy (non-hydrogen) atoms. The molecule has 0 unspecified atom stereocenters. The third kappa shape index (κ3) is 1.19. The topological polar surface area (TPSA) is 0 Å². The van der Waals surface area contributed by atoms with E-state index in [4.69, 9.17) is 0 Å². The zero-order chi connectivity index (χ0) is 8.72. The zero-order valence-corrected chi connectivity index (χ0v) is 9.42. The van der Waals surface area contributed by atoms with Gasteiger partial charge in [0.1, 0.15) is 0 Å². The first kappa shape index (κ1) is 8.27. The van der Waals surface area contributed by atoms with Gasteiger partial charge < -0.3 is 0 Å². The second-order valence-electron chi connectivity index (χ2n) is 2.95. The minimum absolute atomic E-state index is 1.21. The van der Waals surface area contributed by atoms with Gasteiger partial charge in [0.2, 0.25) is 0 Å². The highest BCUT2D eigenvalue weighted by Gasteiger charge is 2.03. The van der Waals surface area contributed by atoms with Crippen LogP contribution >= 0.6 is 27.3 Å². The van der Waals surface area contributed by atoms with Crippen LogP contribution in [0.3, 0.4) is 0 Å². The van der Waals surface area contributed by atoms with Gasteiger partial charge in [-0.25, -0.2) is 0 Å². The van der Waals surface area contributed by atoms with Crippen molar-refractivity contribution in [3.05, 3.63) is 33.1 Å². The molecule has 0 amide bonds. The number of thiophene rings is 1. The van der Waals surface area contributed by atoms with Crippen LogP contribution in [0.15, 0.2) is 22.7 Å². The van der Waals surface area contributed by atoms with Gasteiger partial charge in [-0.3, -0.25) is 0 Å². The molecule has 0 atom stereocenters. The summed E-state index contributed by atoms with van der Waals surface area (Å²) < 4.78 is 2.61. The Morgan fingerprint density at radius 3 is 2.75 bits per heavy atom. The molecule has 0 bridgehead atoms. The van der Waals surface area contributed by atoms with Crippen molar-refractivity contribution in [3.8, 4) is 0 Å². The van der Waals surface area contributed by atoms with Gasteiger partial charge in [0, 0.05) is 14.0 Å². The third-order valence-corrected chi connectivity index (χ3v) is 4.04. The largest absolute Gasteiger partial charge is 0.140 e. The molecule has 0 nitrogen and oxygen atoms in total. The lowest BCUT2D eigenvalue weighted by Gasteiger charge is -1.97. The first-order chi connectivity index (χ1) is 5.68. The average molecular weight is 241 g/mol. The number of benzene rings is 1. The normalized spacial score (nSPS) is 10.9. The second kappa shape index (κ2) is 2.86. The summed E-state index contributed by atoms with van der Waals surface area (Å²) in [7, 11) is 0. The van der Waals surface area contributed by atoms with Gasteiger partial charge in [-0.05, 0) is 36.9 Å². The minimum Gasteiger partial charge on any atom is -0.140 e. The lowest BCUT2D eigenvalue weighted by molar-refractivity contribution is 1.51. The minimum atomic E-state index is 1.21. The van der Waals surface area contributed by atoms with Crippen LogP contribution in [0.2, 0.25) is 0 Å². The zero-order valence-electron chi connectivity index (χ0n) is 7.02. The highest BCUT2D eigenvalue weighted by Crippen LogP contribution is 2.31. The molecule has 1 aromatic carbocycles. The summed E-state index contributed by atoms with van der Waals surface area (Å²) in [6, 6.07) is 6.51. The monoisotopic (exact) mass is 240 g/mol. The summed E-state index contributed by atoms with van der Waals surface area (Å²) in [6.45, 7) is 4.31. The van der Waals surface area contributed by atoms with E-state index in [0.717, 1.165) is 0 Å². The molecule has 0 saturated carbocycles. The molecule has 0 radical (unpaired) electrons. The molecule has 0 aliphatic rings. The van der Waals surface area contributed by atoms with E-state index in [9.17, 15) is 0 Å². The molecule has 0 aliphatic heterocycles. The van der Waals surface area contributed by atoms with Crippen molar-refractivity contribution in [2.45, 2.75) is 13.8 Å². The van der Waals surface area contributed by atoms with Crippen molar-refractivity contribution in [1.29, 1.82) is 0 Å². The Morgan fingerprint density at radius 1 is 1.25 bits per heavy atom. The van der Waals surface area contributed by atoms with Crippen molar-refractivity contribution in [2.24, 2.45) is 0 Å². The Balaban J connectivity index is 2.89. The molecule has 0 fully saturated rings. The molecule has 2 rings (SSSR count). The van der Waals surface area contributed by atoms with Crippen molar-refractivity contribution >= 4 is 37.4 Å². The molecule has 0 aliphatic carbocycles. The maximum Gasteiger partial charge on any atom is 0.0385 e. The van der Waals surface area contributed by atoms with Crippen LogP contribution in [0.1, 0.15) is 10.4 Å². The van der Waals surface area contributed by atoms with Gasteiger partial charge in [0.05, 0.1) is 0 Å². The molecule has 62 valence electrons. The fraction of sp³-hybridized carbons (Fsp3) is 0.200. The maximum absolute atomic E-state index is 3.53. The third-order valence-electron chi connectivity index (χ3n) is 1.99. The van der Waals surface area contributed by atoms with E-state index in [1.165, 1.54) is 25.0 Å². The van der Waals surface area contributed by atoms with Gasteiger partial charge in [-0.15, -0.1) is 11.3 Å². The summed E-state index contributed by atoms with van der Waals surface area (Å²) in [5.74, 6) is 0. The highest BCUT2D eigenvalue weighted by atomic mass is 79.9. The maximum atomic E-state index is 3.53. The van der Waals surface area contributed by atoms with Crippen molar-refractivity contribution in [2.75, 3.05) is 0 Å². The van der Waals surface area contributed by atoms with E-state index in [0.29, 0.717) is 0 Å². The molecule has 2 aromatic rings. The predicted octanol–water partition coefficient (Wildman–Crippen LogP) is 4.28. The Morgan fingerprint density at radius 2 is 2.00 bits per heavy atom. The quantitative estimate of drug-likeness (QED) is 0.645. The van der Waals surface area contributed by atoms with Crippen LogP contribution in [-0.2, 0) is 0 Å². The predicted molar refractivity (Wildman–Crippen MR) is 59.0 cm³/mol. The van der Waals surface area contributed by atoms with Gasteiger partial charge in [-0.2, -0.15) is 0 Å². The Labute approximate surface area is 84.4 Å². The fourth-order valence-corrected chi connectivity index (χ4v) is 2.82. The van der Waals surface area contributed by atoms with Crippen LogP contribution < -0.4 is 0 Å². The van der Waals surface area contributed by atoms with Crippen molar-refractivity contribution in [1.82, 2.24) is 0 Å². The summed E-state index contributed by atoms with van der Waals surface area (Å²) in [4.78, 5) is 1.38. The first-order valence-corrected chi connectivity index (χ1v) is 5.44. The Hall–Kier alpha value is -0.340. The number of halogens is 1. The molecule has 0 N–H and O–H groups in total. The first-order valence-electron chi connectivity index (χ1n) is 3.84. The van der Waals surface area contributed by atoms with Crippen LogP contribution in [0, 0.1) is 13.8 Å². The number of aryl methyl sites for hydroxylation is 2. The van der Waals surface area contributed by atoms with Crippen LogP contribution in [0.4, 0.5) is 0 Å². The number of hydrogen-bond acceptors (Lipinski definition) is 1. The Bertz CT molecular complexity index is 429. The standard InChI is InChI=1S/C10H9BrS/c1-6-5-8-3-4-9(11)7(2)10(8)12-6/h3-5H,1-2H3. The smallest absolute Gasteiger partial charge is 0.0385 e. The van der Waals surface area contributed by atoms with E-state index in [1.807, 2.05) is 11.3 Å². The fourth-order valence-electron chi connectivity index (χ4n) is 1.35. The number of hydrogen-bond donors (Lipinski definition) is 0. The number of rotatable bonds is 0. The average Bonchev–Trinajstić information content (AvgIpc) is 2.39. The molecule has 2 heteroatoms. The van der Waals surface area contributed by atoms with Crippen LogP contribution in [0.25, 0.3) is 10.1 Å². The molecular weight excluding hydrogens is 232 g/mol. The second-order valence-corrected chi connectivity index (χ2v) is 5.06. The van der Waals surface area contributed by atoms with E-state index >= 15 is 0 Å². The van der Waals surface area contributed by atoms with E-state index < -0.39 is 0 Å². The highest BCUT2D eigenvalue weighted by molar-refractivity contribution is 9.10. The Kier molecular flexibility index (Phi) is 1.97. The lowest BCUT2D eigenvalue weighted by Crippen LogP contribution is -1.73. The van der Waals surface area contributed by atoms with E-state index in [1.54, 1.807) is 0 Å².